The van der Waals surface area contributed by atoms with Gasteiger partial charge in [0.25, 0.3) is 5.91 Å². The van der Waals surface area contributed by atoms with Gasteiger partial charge in [-0.3, -0.25) is 9.69 Å². The van der Waals surface area contributed by atoms with Crippen molar-refractivity contribution in [3.63, 3.8) is 0 Å². The number of piperidine rings is 1. The van der Waals surface area contributed by atoms with Crippen LogP contribution in [0.2, 0.25) is 0 Å². The number of aromatic nitrogens is 1. The molecule has 1 aromatic heterocycles. The maximum absolute atomic E-state index is 12.3. The molecule has 3 N–H and O–H groups in total. The second-order valence-corrected chi connectivity index (χ2v) is 6.12. The summed E-state index contributed by atoms with van der Waals surface area (Å²) in [4.78, 5) is 17.5. The minimum absolute atomic E-state index is 0.0340. The zero-order valence-electron chi connectivity index (χ0n) is 13.1. The van der Waals surface area contributed by atoms with Crippen LogP contribution in [-0.2, 0) is 6.54 Å². The first-order chi connectivity index (χ1) is 11.3. The lowest BCUT2D eigenvalue weighted by Crippen LogP contribution is -2.53. The van der Waals surface area contributed by atoms with Gasteiger partial charge in [0, 0.05) is 37.9 Å². The highest BCUT2D eigenvalue weighted by atomic mass is 16.3. The van der Waals surface area contributed by atoms with Crippen LogP contribution in [0.25, 0.3) is 0 Å². The standard InChI is InChI=1S/C18H23N3O2/c22-13-15-8-10-21(11-14-5-2-1-3-6-14)12-17(15)20-18(23)16-7-4-9-19-16/h1-7,9,15,17,19,22H,8,10-13H2,(H,20,23). The average Bonchev–Trinajstić information content (AvgIpc) is 3.11. The molecule has 0 saturated carbocycles. The molecule has 5 heteroatoms. The summed E-state index contributed by atoms with van der Waals surface area (Å²) in [6.45, 7) is 2.67. The van der Waals surface area contributed by atoms with E-state index in [2.05, 4.69) is 27.3 Å². The quantitative estimate of drug-likeness (QED) is 0.786. The molecule has 1 aliphatic heterocycles. The molecule has 3 rings (SSSR count). The first kappa shape index (κ1) is 15.8. The number of likely N-dealkylation sites (tertiary alicyclic amines) is 1. The van der Waals surface area contributed by atoms with E-state index in [1.807, 2.05) is 18.2 Å². The van der Waals surface area contributed by atoms with E-state index in [1.54, 1.807) is 18.3 Å². The molecule has 0 aliphatic carbocycles. The van der Waals surface area contributed by atoms with Gasteiger partial charge in [-0.2, -0.15) is 0 Å². The van der Waals surface area contributed by atoms with Crippen LogP contribution >= 0.6 is 0 Å². The van der Waals surface area contributed by atoms with Gasteiger partial charge in [-0.05, 0) is 30.7 Å². The van der Waals surface area contributed by atoms with Gasteiger partial charge >= 0.3 is 0 Å². The second-order valence-electron chi connectivity index (χ2n) is 6.12. The van der Waals surface area contributed by atoms with Gasteiger partial charge in [-0.15, -0.1) is 0 Å². The number of aliphatic hydroxyl groups excluding tert-OH is 1. The smallest absolute Gasteiger partial charge is 0.267 e. The van der Waals surface area contributed by atoms with E-state index in [4.69, 9.17) is 0 Å². The number of rotatable bonds is 5. The van der Waals surface area contributed by atoms with Gasteiger partial charge in [-0.1, -0.05) is 30.3 Å². The highest BCUT2D eigenvalue weighted by Gasteiger charge is 2.30. The molecule has 2 aromatic rings. The molecule has 1 amide bonds. The summed E-state index contributed by atoms with van der Waals surface area (Å²) in [5, 5.41) is 12.7. The zero-order chi connectivity index (χ0) is 16.1. The molecule has 0 bridgehead atoms. The Labute approximate surface area is 136 Å². The molecule has 2 atom stereocenters. The first-order valence-electron chi connectivity index (χ1n) is 8.07. The van der Waals surface area contributed by atoms with E-state index in [-0.39, 0.29) is 24.5 Å². The highest BCUT2D eigenvalue weighted by molar-refractivity contribution is 5.92. The topological polar surface area (TPSA) is 68.4 Å². The lowest BCUT2D eigenvalue weighted by atomic mass is 9.91. The number of H-pyrrole nitrogens is 1. The van der Waals surface area contributed by atoms with Crippen LogP contribution in [0.5, 0.6) is 0 Å². The van der Waals surface area contributed by atoms with Gasteiger partial charge in [-0.25, -0.2) is 0 Å². The lowest BCUT2D eigenvalue weighted by molar-refractivity contribution is 0.0727. The fourth-order valence-electron chi connectivity index (χ4n) is 3.15. The Balaban J connectivity index is 1.63. The Morgan fingerprint density at radius 2 is 2.09 bits per heavy atom. The summed E-state index contributed by atoms with van der Waals surface area (Å²) >= 11 is 0. The van der Waals surface area contributed by atoms with Crippen LogP contribution in [0.4, 0.5) is 0 Å². The molecular formula is C18H23N3O2. The number of nitrogens with one attached hydrogen (secondary N) is 2. The molecule has 1 saturated heterocycles. The summed E-state index contributed by atoms with van der Waals surface area (Å²) in [6, 6.07) is 13.9. The molecule has 23 heavy (non-hydrogen) atoms. The van der Waals surface area contributed by atoms with Crippen LogP contribution < -0.4 is 5.32 Å². The number of carbonyl (C=O) groups is 1. The Kier molecular flexibility index (Phi) is 5.10. The molecule has 1 aromatic carbocycles. The van der Waals surface area contributed by atoms with Crippen molar-refractivity contribution < 1.29 is 9.90 Å². The van der Waals surface area contributed by atoms with Gasteiger partial charge in [0.15, 0.2) is 0 Å². The summed E-state index contributed by atoms with van der Waals surface area (Å²) < 4.78 is 0. The fourth-order valence-corrected chi connectivity index (χ4v) is 3.15. The Morgan fingerprint density at radius 3 is 2.78 bits per heavy atom. The second kappa shape index (κ2) is 7.44. The Bertz CT molecular complexity index is 612. The minimum atomic E-state index is -0.111. The molecule has 2 heterocycles. The van der Waals surface area contributed by atoms with Crippen molar-refractivity contribution in [1.29, 1.82) is 0 Å². The van der Waals surface area contributed by atoms with Crippen molar-refractivity contribution in [2.75, 3.05) is 19.7 Å². The van der Waals surface area contributed by atoms with Crippen molar-refractivity contribution in [2.24, 2.45) is 5.92 Å². The van der Waals surface area contributed by atoms with Crippen molar-refractivity contribution in [1.82, 2.24) is 15.2 Å². The normalized spacial score (nSPS) is 22.0. The molecule has 1 aliphatic rings. The maximum Gasteiger partial charge on any atom is 0.267 e. The molecule has 1 fully saturated rings. The largest absolute Gasteiger partial charge is 0.396 e. The number of hydrogen-bond acceptors (Lipinski definition) is 3. The van der Waals surface area contributed by atoms with Crippen LogP contribution in [0, 0.1) is 5.92 Å². The van der Waals surface area contributed by atoms with Gasteiger partial charge in [0.2, 0.25) is 0 Å². The van der Waals surface area contributed by atoms with Crippen molar-refractivity contribution in [3.05, 3.63) is 59.9 Å². The van der Waals surface area contributed by atoms with Crippen molar-refractivity contribution in [2.45, 2.75) is 19.0 Å². The highest BCUT2D eigenvalue weighted by Crippen LogP contribution is 2.19. The molecule has 5 nitrogen and oxygen atoms in total. The van der Waals surface area contributed by atoms with Gasteiger partial charge in [0.1, 0.15) is 5.69 Å². The number of amides is 1. The van der Waals surface area contributed by atoms with E-state index >= 15 is 0 Å². The van der Waals surface area contributed by atoms with Crippen LogP contribution in [0.1, 0.15) is 22.5 Å². The monoisotopic (exact) mass is 313 g/mol. The zero-order valence-corrected chi connectivity index (χ0v) is 13.1. The minimum Gasteiger partial charge on any atom is -0.396 e. The Morgan fingerprint density at radius 1 is 1.26 bits per heavy atom. The lowest BCUT2D eigenvalue weighted by Gasteiger charge is -2.38. The van der Waals surface area contributed by atoms with Crippen molar-refractivity contribution >= 4 is 5.91 Å². The summed E-state index contributed by atoms with van der Waals surface area (Å²) in [6.07, 6.45) is 2.63. The third-order valence-corrected chi connectivity index (χ3v) is 4.48. The van der Waals surface area contributed by atoms with Crippen LogP contribution in [0.15, 0.2) is 48.7 Å². The molecule has 122 valence electrons. The number of nitrogens with zero attached hydrogens (tertiary/aromatic N) is 1. The summed E-state index contributed by atoms with van der Waals surface area (Å²) in [7, 11) is 0. The van der Waals surface area contributed by atoms with Crippen LogP contribution in [-0.4, -0.2) is 46.6 Å². The molecular weight excluding hydrogens is 290 g/mol. The molecule has 0 radical (unpaired) electrons. The SMILES string of the molecule is O=C(NC1CN(Cc2ccccc2)CCC1CO)c1ccc[nH]1. The van der Waals surface area contributed by atoms with Crippen LogP contribution in [0.3, 0.4) is 0 Å². The number of benzene rings is 1. The predicted molar refractivity (Wildman–Crippen MR) is 89.0 cm³/mol. The molecule has 0 spiro atoms. The third kappa shape index (κ3) is 4.00. The third-order valence-electron chi connectivity index (χ3n) is 4.48. The number of hydrogen-bond donors (Lipinski definition) is 3. The van der Waals surface area contributed by atoms with E-state index < -0.39 is 0 Å². The van der Waals surface area contributed by atoms with E-state index in [0.29, 0.717) is 5.69 Å². The molecule has 2 unspecified atom stereocenters. The number of aliphatic hydroxyl groups is 1. The van der Waals surface area contributed by atoms with E-state index in [0.717, 1.165) is 26.1 Å². The van der Waals surface area contributed by atoms with Gasteiger partial charge < -0.3 is 15.4 Å². The fraction of sp³-hybridized carbons (Fsp3) is 0.389. The van der Waals surface area contributed by atoms with E-state index in [9.17, 15) is 9.90 Å². The predicted octanol–water partition coefficient (Wildman–Crippen LogP) is 1.63. The Hall–Kier alpha value is -2.11. The van der Waals surface area contributed by atoms with E-state index in [1.165, 1.54) is 5.56 Å². The average molecular weight is 313 g/mol. The number of carbonyl (C=O) groups excluding carboxylic acids is 1. The van der Waals surface area contributed by atoms with Gasteiger partial charge in [0.05, 0.1) is 0 Å². The summed E-state index contributed by atoms with van der Waals surface area (Å²) in [5.41, 5.74) is 1.83. The van der Waals surface area contributed by atoms with Crippen molar-refractivity contribution in [3.8, 4) is 0 Å². The maximum atomic E-state index is 12.3. The first-order valence-corrected chi connectivity index (χ1v) is 8.07. The number of aromatic amines is 1. The summed E-state index contributed by atoms with van der Waals surface area (Å²) in [5.74, 6) is 0.000877.